The van der Waals surface area contributed by atoms with Gasteiger partial charge in [-0.05, 0) is 24.3 Å². The van der Waals surface area contributed by atoms with Crippen molar-refractivity contribution in [3.8, 4) is 0 Å². The van der Waals surface area contributed by atoms with Crippen LogP contribution in [0.1, 0.15) is 6.42 Å². The van der Waals surface area contributed by atoms with Crippen LogP contribution < -0.4 is 15.5 Å². The molecule has 1 heterocycles. The third-order valence-corrected chi connectivity index (χ3v) is 4.69. The molecule has 1 atom stereocenters. The monoisotopic (exact) mass is 402 g/mol. The standard InChI is InChI=1S/C19H19ClN4O4/c20-14-4-3-5-15(11-14)23-12-13(10-18(23)25)19(26)22-9-8-21-16-6-1-2-7-17(16)24(27)28/h1-7,11,13,21H,8-10,12H2,(H,22,26). The van der Waals surface area contributed by atoms with Gasteiger partial charge in [-0.3, -0.25) is 19.7 Å². The van der Waals surface area contributed by atoms with E-state index in [1.54, 1.807) is 47.4 Å². The fourth-order valence-electron chi connectivity index (χ4n) is 3.09. The number of nitrogens with zero attached hydrogens (tertiary/aromatic N) is 2. The van der Waals surface area contributed by atoms with E-state index >= 15 is 0 Å². The summed E-state index contributed by atoms with van der Waals surface area (Å²) in [6, 6.07) is 13.3. The highest BCUT2D eigenvalue weighted by Gasteiger charge is 2.35. The first-order valence-electron chi connectivity index (χ1n) is 8.76. The van der Waals surface area contributed by atoms with E-state index in [9.17, 15) is 19.7 Å². The molecule has 28 heavy (non-hydrogen) atoms. The van der Waals surface area contributed by atoms with Gasteiger partial charge in [0.05, 0.1) is 10.8 Å². The van der Waals surface area contributed by atoms with Crippen LogP contribution in [0, 0.1) is 16.0 Å². The van der Waals surface area contributed by atoms with Crippen LogP contribution in [-0.2, 0) is 9.59 Å². The average molecular weight is 403 g/mol. The zero-order valence-electron chi connectivity index (χ0n) is 14.9. The Balaban J connectivity index is 1.50. The molecule has 1 aliphatic heterocycles. The number of hydrogen-bond acceptors (Lipinski definition) is 5. The predicted molar refractivity (Wildman–Crippen MR) is 107 cm³/mol. The van der Waals surface area contributed by atoms with Gasteiger partial charge in [0.25, 0.3) is 5.69 Å². The first-order chi connectivity index (χ1) is 13.5. The number of carbonyl (C=O) groups is 2. The summed E-state index contributed by atoms with van der Waals surface area (Å²) in [5.41, 5.74) is 1.04. The molecule has 1 unspecified atom stereocenters. The van der Waals surface area contributed by atoms with E-state index in [0.29, 0.717) is 29.5 Å². The van der Waals surface area contributed by atoms with Crippen molar-refractivity contribution in [2.75, 3.05) is 29.9 Å². The van der Waals surface area contributed by atoms with Gasteiger partial charge in [0, 0.05) is 42.8 Å². The normalized spacial score (nSPS) is 16.1. The Bertz CT molecular complexity index is 905. The van der Waals surface area contributed by atoms with E-state index in [2.05, 4.69) is 10.6 Å². The first kappa shape index (κ1) is 19.6. The molecule has 1 saturated heterocycles. The minimum Gasteiger partial charge on any atom is -0.378 e. The molecule has 3 rings (SSSR count). The Morgan fingerprint density at radius 1 is 1.21 bits per heavy atom. The van der Waals surface area contributed by atoms with Gasteiger partial charge in [-0.15, -0.1) is 0 Å². The van der Waals surface area contributed by atoms with Crippen molar-refractivity contribution in [3.63, 3.8) is 0 Å². The van der Waals surface area contributed by atoms with Gasteiger partial charge in [0.1, 0.15) is 5.69 Å². The lowest BCUT2D eigenvalue weighted by molar-refractivity contribution is -0.384. The summed E-state index contributed by atoms with van der Waals surface area (Å²) >= 11 is 5.97. The summed E-state index contributed by atoms with van der Waals surface area (Å²) in [7, 11) is 0. The van der Waals surface area contributed by atoms with Gasteiger partial charge in [-0.2, -0.15) is 0 Å². The number of anilines is 2. The smallest absolute Gasteiger partial charge is 0.292 e. The van der Waals surface area contributed by atoms with Crippen molar-refractivity contribution in [2.45, 2.75) is 6.42 Å². The van der Waals surface area contributed by atoms with E-state index in [4.69, 9.17) is 11.6 Å². The van der Waals surface area contributed by atoms with Gasteiger partial charge in [-0.25, -0.2) is 0 Å². The van der Waals surface area contributed by atoms with Crippen LogP contribution in [0.3, 0.4) is 0 Å². The second-order valence-electron chi connectivity index (χ2n) is 6.38. The van der Waals surface area contributed by atoms with Crippen molar-refractivity contribution < 1.29 is 14.5 Å². The molecule has 2 N–H and O–H groups in total. The Hall–Kier alpha value is -3.13. The maximum Gasteiger partial charge on any atom is 0.292 e. The van der Waals surface area contributed by atoms with Crippen LogP contribution >= 0.6 is 11.6 Å². The highest BCUT2D eigenvalue weighted by atomic mass is 35.5. The second kappa shape index (κ2) is 8.71. The number of halogens is 1. The number of carbonyl (C=O) groups excluding carboxylic acids is 2. The van der Waals surface area contributed by atoms with E-state index in [1.807, 2.05) is 0 Å². The molecule has 2 amide bonds. The highest BCUT2D eigenvalue weighted by molar-refractivity contribution is 6.31. The van der Waals surface area contributed by atoms with Gasteiger partial charge >= 0.3 is 0 Å². The van der Waals surface area contributed by atoms with E-state index in [-0.39, 0.29) is 30.5 Å². The molecule has 0 bridgehead atoms. The van der Waals surface area contributed by atoms with E-state index in [0.717, 1.165) is 0 Å². The summed E-state index contributed by atoms with van der Waals surface area (Å²) in [6.45, 7) is 0.907. The molecule has 146 valence electrons. The maximum atomic E-state index is 12.4. The van der Waals surface area contributed by atoms with Crippen LogP contribution in [0.2, 0.25) is 5.02 Å². The lowest BCUT2D eigenvalue weighted by atomic mass is 10.1. The number of nitro groups is 1. The van der Waals surface area contributed by atoms with Crippen LogP contribution in [0.5, 0.6) is 0 Å². The molecule has 0 saturated carbocycles. The topological polar surface area (TPSA) is 105 Å². The SMILES string of the molecule is O=C(NCCNc1ccccc1[N+](=O)[O-])C1CC(=O)N(c2cccc(Cl)c2)C1. The number of amides is 2. The molecule has 0 aliphatic carbocycles. The molecule has 0 spiro atoms. The largest absolute Gasteiger partial charge is 0.378 e. The number of para-hydroxylation sites is 2. The number of benzene rings is 2. The van der Waals surface area contributed by atoms with Crippen molar-refractivity contribution >= 4 is 40.5 Å². The van der Waals surface area contributed by atoms with Gasteiger partial charge in [0.2, 0.25) is 11.8 Å². The minimum atomic E-state index is -0.463. The van der Waals surface area contributed by atoms with Crippen LogP contribution in [0.4, 0.5) is 17.1 Å². The van der Waals surface area contributed by atoms with Crippen molar-refractivity contribution in [3.05, 3.63) is 63.7 Å². The summed E-state index contributed by atoms with van der Waals surface area (Å²) in [5.74, 6) is -0.791. The lowest BCUT2D eigenvalue weighted by Gasteiger charge is -2.17. The fraction of sp³-hybridized carbons (Fsp3) is 0.263. The molecule has 0 aromatic heterocycles. The molecule has 0 radical (unpaired) electrons. The van der Waals surface area contributed by atoms with E-state index in [1.165, 1.54) is 6.07 Å². The van der Waals surface area contributed by atoms with Crippen molar-refractivity contribution in [2.24, 2.45) is 5.92 Å². The Kier molecular flexibility index (Phi) is 6.10. The van der Waals surface area contributed by atoms with Crippen molar-refractivity contribution in [1.82, 2.24) is 5.32 Å². The molecular formula is C19H19ClN4O4. The Labute approximate surface area is 166 Å². The third-order valence-electron chi connectivity index (χ3n) is 4.46. The fourth-order valence-corrected chi connectivity index (χ4v) is 3.27. The average Bonchev–Trinajstić information content (AvgIpc) is 3.07. The zero-order valence-corrected chi connectivity index (χ0v) is 15.7. The summed E-state index contributed by atoms with van der Waals surface area (Å²) in [6.07, 6.45) is 0.135. The number of hydrogen-bond donors (Lipinski definition) is 2. The number of nitro benzene ring substituents is 1. The van der Waals surface area contributed by atoms with Gasteiger partial charge < -0.3 is 15.5 Å². The molecule has 1 aliphatic rings. The van der Waals surface area contributed by atoms with Gasteiger partial charge in [-0.1, -0.05) is 29.8 Å². The molecule has 9 heteroatoms. The number of rotatable bonds is 7. The molecule has 2 aromatic carbocycles. The third kappa shape index (κ3) is 4.58. The minimum absolute atomic E-state index is 0.0209. The summed E-state index contributed by atoms with van der Waals surface area (Å²) in [4.78, 5) is 36.7. The van der Waals surface area contributed by atoms with Crippen LogP contribution in [-0.4, -0.2) is 36.4 Å². The maximum absolute atomic E-state index is 12.4. The molecule has 1 fully saturated rings. The highest BCUT2D eigenvalue weighted by Crippen LogP contribution is 2.27. The van der Waals surface area contributed by atoms with Gasteiger partial charge in [0.15, 0.2) is 0 Å². The zero-order chi connectivity index (χ0) is 20.1. The Morgan fingerprint density at radius 3 is 2.75 bits per heavy atom. The van der Waals surface area contributed by atoms with Crippen molar-refractivity contribution in [1.29, 1.82) is 0 Å². The number of nitrogens with one attached hydrogen (secondary N) is 2. The molecule has 2 aromatic rings. The lowest BCUT2D eigenvalue weighted by Crippen LogP contribution is -2.35. The first-order valence-corrected chi connectivity index (χ1v) is 9.14. The molecular weight excluding hydrogens is 384 g/mol. The quantitative estimate of drug-likeness (QED) is 0.421. The van der Waals surface area contributed by atoms with Crippen LogP contribution in [0.15, 0.2) is 48.5 Å². The molecule has 8 nitrogen and oxygen atoms in total. The van der Waals surface area contributed by atoms with E-state index < -0.39 is 10.8 Å². The predicted octanol–water partition coefficient (Wildman–Crippen LogP) is 2.83. The second-order valence-corrected chi connectivity index (χ2v) is 6.81. The Morgan fingerprint density at radius 2 is 2.00 bits per heavy atom. The summed E-state index contributed by atoms with van der Waals surface area (Å²) in [5, 5.41) is 17.2. The van der Waals surface area contributed by atoms with Crippen LogP contribution in [0.25, 0.3) is 0 Å². The summed E-state index contributed by atoms with van der Waals surface area (Å²) < 4.78 is 0.